The number of hydrogen-bond donors (Lipinski definition) is 0. The highest BCUT2D eigenvalue weighted by atomic mass is 28.3. The maximum Gasteiger partial charge on any atom is 0.189 e. The molecule has 0 saturated carbocycles. The third kappa shape index (κ3) is 6.81. The first-order valence-electron chi connectivity index (χ1n) is 11.3. The molecule has 164 valence electrons. The van der Waals surface area contributed by atoms with Gasteiger partial charge in [0.05, 0.1) is 8.07 Å². The van der Waals surface area contributed by atoms with Crippen LogP contribution >= 0.6 is 0 Å². The fourth-order valence-corrected chi connectivity index (χ4v) is 8.50. The molecule has 0 saturated heterocycles. The van der Waals surface area contributed by atoms with Gasteiger partial charge < -0.3 is 9.47 Å². The van der Waals surface area contributed by atoms with Gasteiger partial charge in [0, 0.05) is 6.61 Å². The van der Waals surface area contributed by atoms with Gasteiger partial charge in [0.25, 0.3) is 0 Å². The topological polar surface area (TPSA) is 18.5 Å². The quantitative estimate of drug-likeness (QED) is 0.201. The predicted octanol–water partition coefficient (Wildman–Crippen LogP) is 6.71. The van der Waals surface area contributed by atoms with Crippen molar-refractivity contribution in [3.05, 3.63) is 100 Å². The molecular formula is C28H36O2Si. The Morgan fingerprint density at radius 2 is 1.32 bits per heavy atom. The number of hydrogen-bond acceptors (Lipinski definition) is 2. The van der Waals surface area contributed by atoms with E-state index in [1.165, 1.54) is 33.4 Å². The first-order valence-corrected chi connectivity index (χ1v) is 14.4. The van der Waals surface area contributed by atoms with Crippen molar-refractivity contribution in [1.29, 1.82) is 0 Å². The first kappa shape index (κ1) is 23.3. The molecule has 0 spiro atoms. The summed E-state index contributed by atoms with van der Waals surface area (Å²) in [5, 5.41) is 0. The van der Waals surface area contributed by atoms with Gasteiger partial charge in [-0.1, -0.05) is 95.5 Å². The van der Waals surface area contributed by atoms with Gasteiger partial charge in [-0.25, -0.2) is 0 Å². The molecule has 3 rings (SSSR count). The van der Waals surface area contributed by atoms with Crippen molar-refractivity contribution in [1.82, 2.24) is 0 Å². The van der Waals surface area contributed by atoms with E-state index >= 15 is 0 Å². The van der Waals surface area contributed by atoms with Crippen LogP contribution in [-0.4, -0.2) is 21.5 Å². The van der Waals surface area contributed by atoms with Gasteiger partial charge in [-0.05, 0) is 57.0 Å². The molecule has 0 aliphatic carbocycles. The highest BCUT2D eigenvalue weighted by Crippen LogP contribution is 2.30. The second kappa shape index (κ2) is 10.8. The number of aryl methyl sites for hydroxylation is 3. The van der Waals surface area contributed by atoms with Crippen LogP contribution in [0.2, 0.25) is 6.55 Å². The maximum atomic E-state index is 6.09. The molecule has 0 N–H and O–H groups in total. The van der Waals surface area contributed by atoms with Crippen LogP contribution in [0.3, 0.4) is 0 Å². The van der Waals surface area contributed by atoms with Crippen molar-refractivity contribution in [2.45, 2.75) is 52.4 Å². The van der Waals surface area contributed by atoms with Crippen LogP contribution in [0.5, 0.6) is 5.75 Å². The normalized spacial score (nSPS) is 11.5. The molecule has 0 fully saturated rings. The summed E-state index contributed by atoms with van der Waals surface area (Å²) in [6.45, 7) is 12.0. The van der Waals surface area contributed by atoms with E-state index in [0.717, 1.165) is 23.9 Å². The number of para-hydroxylation sites is 1. The predicted molar refractivity (Wildman–Crippen MR) is 133 cm³/mol. The Morgan fingerprint density at radius 3 is 1.87 bits per heavy atom. The molecule has 3 heteroatoms. The molecule has 0 aromatic heterocycles. The Morgan fingerprint density at radius 1 is 0.742 bits per heavy atom. The summed E-state index contributed by atoms with van der Waals surface area (Å²) >= 11 is 0. The second-order valence-electron chi connectivity index (χ2n) is 9.14. The standard InChI is InChI=1S/C28H36O2Si/c1-6-29-21-30-28-24(4)12-9-15-27(28)20-31(5,18-25-13-7-10-22(2)16-25)19-26-14-8-11-23(3)17-26/h7-17H,6,18-21H2,1-5H3. The van der Waals surface area contributed by atoms with E-state index in [4.69, 9.17) is 9.47 Å². The third-order valence-electron chi connectivity index (χ3n) is 5.83. The molecule has 0 aliphatic heterocycles. The Balaban J connectivity index is 1.93. The lowest BCUT2D eigenvalue weighted by Crippen LogP contribution is -2.40. The molecule has 0 aliphatic rings. The molecular weight excluding hydrogens is 396 g/mol. The highest BCUT2D eigenvalue weighted by molar-refractivity contribution is 6.77. The molecule has 0 atom stereocenters. The van der Waals surface area contributed by atoms with Crippen LogP contribution in [-0.2, 0) is 22.9 Å². The van der Waals surface area contributed by atoms with Crippen LogP contribution in [0, 0.1) is 20.8 Å². The van der Waals surface area contributed by atoms with Crippen LogP contribution < -0.4 is 4.74 Å². The summed E-state index contributed by atoms with van der Waals surface area (Å²) in [6, 6.07) is 27.9. The van der Waals surface area contributed by atoms with Crippen LogP contribution in [0.4, 0.5) is 0 Å². The van der Waals surface area contributed by atoms with Gasteiger partial charge in [-0.15, -0.1) is 0 Å². The summed E-state index contributed by atoms with van der Waals surface area (Å²) < 4.78 is 11.6. The van der Waals surface area contributed by atoms with Crippen molar-refractivity contribution < 1.29 is 9.47 Å². The number of rotatable bonds is 10. The Labute approximate surface area is 189 Å². The van der Waals surface area contributed by atoms with Crippen LogP contribution in [0.15, 0.2) is 66.7 Å². The lowest BCUT2D eigenvalue weighted by molar-refractivity contribution is 0.0215. The molecule has 3 aromatic carbocycles. The van der Waals surface area contributed by atoms with Crippen molar-refractivity contribution in [3.63, 3.8) is 0 Å². The molecule has 3 aromatic rings. The average molecular weight is 433 g/mol. The van der Waals surface area contributed by atoms with E-state index in [2.05, 4.69) is 94.0 Å². The van der Waals surface area contributed by atoms with Gasteiger partial charge in [-0.2, -0.15) is 0 Å². The minimum Gasteiger partial charge on any atom is -0.467 e. The smallest absolute Gasteiger partial charge is 0.189 e. The zero-order valence-electron chi connectivity index (χ0n) is 19.7. The van der Waals surface area contributed by atoms with E-state index in [1.807, 2.05) is 6.92 Å². The van der Waals surface area contributed by atoms with E-state index in [1.54, 1.807) is 0 Å². The fraction of sp³-hybridized carbons (Fsp3) is 0.357. The lowest BCUT2D eigenvalue weighted by Gasteiger charge is -2.30. The summed E-state index contributed by atoms with van der Waals surface area (Å²) in [6.07, 6.45) is 0. The molecule has 0 heterocycles. The van der Waals surface area contributed by atoms with Gasteiger partial charge in [0.1, 0.15) is 5.75 Å². The van der Waals surface area contributed by atoms with E-state index in [0.29, 0.717) is 13.4 Å². The summed E-state index contributed by atoms with van der Waals surface area (Å²) in [5.74, 6) is 1.00. The minimum absolute atomic E-state index is 0.308. The number of benzene rings is 3. The SMILES string of the molecule is CCOCOc1c(C)cccc1C[Si](C)(Cc1cccc(C)c1)Cc1cccc(C)c1. The Hall–Kier alpha value is -2.36. The fourth-order valence-electron chi connectivity index (χ4n) is 4.52. The monoisotopic (exact) mass is 432 g/mol. The molecule has 31 heavy (non-hydrogen) atoms. The first-order chi connectivity index (χ1) is 14.9. The van der Waals surface area contributed by atoms with Crippen LogP contribution in [0.1, 0.15) is 40.3 Å². The summed E-state index contributed by atoms with van der Waals surface area (Å²) in [5.41, 5.74) is 8.06. The zero-order chi connectivity index (χ0) is 22.3. The second-order valence-corrected chi connectivity index (χ2v) is 13.8. The zero-order valence-corrected chi connectivity index (χ0v) is 20.7. The van der Waals surface area contributed by atoms with Crippen LogP contribution in [0.25, 0.3) is 0 Å². The van der Waals surface area contributed by atoms with Crippen molar-refractivity contribution in [2.75, 3.05) is 13.4 Å². The summed E-state index contributed by atoms with van der Waals surface area (Å²) in [4.78, 5) is 0. The number of ether oxygens (including phenoxy) is 2. The summed E-state index contributed by atoms with van der Waals surface area (Å²) in [7, 11) is -1.74. The average Bonchev–Trinajstić information content (AvgIpc) is 2.70. The van der Waals surface area contributed by atoms with E-state index in [-0.39, 0.29) is 0 Å². The molecule has 0 amide bonds. The van der Waals surface area contributed by atoms with Crippen molar-refractivity contribution in [2.24, 2.45) is 0 Å². The molecule has 0 bridgehead atoms. The van der Waals surface area contributed by atoms with Gasteiger partial charge in [-0.3, -0.25) is 0 Å². The van der Waals surface area contributed by atoms with E-state index < -0.39 is 8.07 Å². The van der Waals surface area contributed by atoms with E-state index in [9.17, 15) is 0 Å². The largest absolute Gasteiger partial charge is 0.467 e. The van der Waals surface area contributed by atoms with Crippen molar-refractivity contribution in [3.8, 4) is 5.75 Å². The van der Waals surface area contributed by atoms with Crippen molar-refractivity contribution >= 4 is 8.07 Å². The Bertz CT molecular complexity index is 948. The minimum atomic E-state index is -1.74. The molecule has 2 nitrogen and oxygen atoms in total. The van der Waals surface area contributed by atoms with Gasteiger partial charge >= 0.3 is 0 Å². The van der Waals surface area contributed by atoms with Gasteiger partial charge in [0.15, 0.2) is 6.79 Å². The maximum absolute atomic E-state index is 6.09. The lowest BCUT2D eigenvalue weighted by atomic mass is 10.1. The Kier molecular flexibility index (Phi) is 8.11. The molecule has 0 unspecified atom stereocenters. The third-order valence-corrected chi connectivity index (χ3v) is 9.59. The highest BCUT2D eigenvalue weighted by Gasteiger charge is 2.30. The van der Waals surface area contributed by atoms with Gasteiger partial charge in [0.2, 0.25) is 0 Å². The molecule has 0 radical (unpaired) electrons.